The number of aromatic nitrogens is 2. The van der Waals surface area contributed by atoms with Gasteiger partial charge in [0.2, 0.25) is 0 Å². The topological polar surface area (TPSA) is 36.3 Å². The summed E-state index contributed by atoms with van der Waals surface area (Å²) in [5, 5.41) is 0.800. The molecule has 1 atom stereocenters. The summed E-state index contributed by atoms with van der Waals surface area (Å²) in [6, 6.07) is 22.0. The molecule has 0 aliphatic heterocycles. The maximum Gasteiger partial charge on any atom is 0.153 e. The average Bonchev–Trinajstić information content (AvgIpc) is 3.14. The molecular weight excluding hydrogens is 408 g/mol. The molecule has 5 heteroatoms. The van der Waals surface area contributed by atoms with Crippen molar-refractivity contribution in [3.8, 4) is 11.5 Å². The summed E-state index contributed by atoms with van der Waals surface area (Å²) in [7, 11) is 0. The minimum atomic E-state index is -0.169. The second-order valence-electron chi connectivity index (χ2n) is 7.76. The number of hydrogen-bond donors (Lipinski definition) is 0. The zero-order chi connectivity index (χ0) is 21.8. The average molecular weight is 435 g/mol. The van der Waals surface area contributed by atoms with Crippen LogP contribution in [0.1, 0.15) is 36.4 Å². The molecule has 0 radical (unpaired) electrons. The Morgan fingerprint density at radius 2 is 1.61 bits per heavy atom. The molecule has 0 N–H and O–H groups in total. The lowest BCUT2D eigenvalue weighted by Gasteiger charge is -2.17. The Labute approximate surface area is 188 Å². The fraction of sp³-hybridized carbons (Fsp3) is 0.269. The van der Waals surface area contributed by atoms with Gasteiger partial charge in [0.15, 0.2) is 11.9 Å². The molecule has 0 saturated carbocycles. The van der Waals surface area contributed by atoms with Crippen LogP contribution in [0.3, 0.4) is 0 Å². The van der Waals surface area contributed by atoms with Crippen LogP contribution in [0, 0.1) is 13.8 Å². The Morgan fingerprint density at radius 1 is 0.935 bits per heavy atom. The second-order valence-corrected chi connectivity index (χ2v) is 8.13. The van der Waals surface area contributed by atoms with Gasteiger partial charge in [0, 0.05) is 11.6 Å². The molecule has 4 rings (SSSR count). The third kappa shape index (κ3) is 4.86. The van der Waals surface area contributed by atoms with Gasteiger partial charge in [-0.2, -0.15) is 0 Å². The van der Waals surface area contributed by atoms with Gasteiger partial charge >= 0.3 is 0 Å². The van der Waals surface area contributed by atoms with Crippen molar-refractivity contribution in [1.29, 1.82) is 0 Å². The van der Waals surface area contributed by atoms with Gasteiger partial charge in [-0.3, -0.25) is 0 Å². The van der Waals surface area contributed by atoms with Gasteiger partial charge in [0.1, 0.15) is 11.5 Å². The van der Waals surface area contributed by atoms with Crippen LogP contribution in [0.4, 0.5) is 0 Å². The molecule has 0 spiro atoms. The first-order chi connectivity index (χ1) is 15.0. The summed E-state index contributed by atoms with van der Waals surface area (Å²) in [4.78, 5) is 4.86. The van der Waals surface area contributed by atoms with E-state index < -0.39 is 0 Å². The molecule has 0 aliphatic carbocycles. The van der Waals surface area contributed by atoms with Crippen LogP contribution < -0.4 is 9.47 Å². The molecule has 0 fully saturated rings. The van der Waals surface area contributed by atoms with Gasteiger partial charge in [-0.1, -0.05) is 41.9 Å². The summed E-state index contributed by atoms with van der Waals surface area (Å²) >= 11 is 6.26. The highest BCUT2D eigenvalue weighted by molar-refractivity contribution is 6.32. The number of benzene rings is 3. The van der Waals surface area contributed by atoms with E-state index in [4.69, 9.17) is 26.1 Å². The van der Waals surface area contributed by atoms with Crippen LogP contribution in [-0.4, -0.2) is 16.2 Å². The largest absolute Gasteiger partial charge is 0.494 e. The number of para-hydroxylation sites is 3. The molecule has 0 amide bonds. The van der Waals surface area contributed by atoms with Crippen molar-refractivity contribution in [2.75, 3.05) is 6.61 Å². The van der Waals surface area contributed by atoms with E-state index in [0.717, 1.165) is 57.5 Å². The standard InChI is InChI=1S/C26H27ClN2O2/c1-18-16-22(17-19(2)25(18)27)30-15-9-14-29-24-13-8-7-12-23(24)28-26(29)20(3)31-21-10-5-4-6-11-21/h4-8,10-13,16-17,20H,9,14-15H2,1-3H3. The maximum absolute atomic E-state index is 6.26. The monoisotopic (exact) mass is 434 g/mol. The normalized spacial score (nSPS) is 12.1. The van der Waals surface area contributed by atoms with Crippen LogP contribution in [0.15, 0.2) is 66.7 Å². The molecule has 4 aromatic rings. The molecule has 3 aromatic carbocycles. The first kappa shape index (κ1) is 21.3. The van der Waals surface area contributed by atoms with Gasteiger partial charge in [-0.05, 0) is 74.7 Å². The van der Waals surface area contributed by atoms with Gasteiger partial charge in [-0.25, -0.2) is 4.98 Å². The first-order valence-electron chi connectivity index (χ1n) is 10.6. The summed E-state index contributed by atoms with van der Waals surface area (Å²) in [6.45, 7) is 7.45. The maximum atomic E-state index is 6.26. The number of halogens is 1. The van der Waals surface area contributed by atoms with Gasteiger partial charge in [-0.15, -0.1) is 0 Å². The molecule has 0 saturated heterocycles. The van der Waals surface area contributed by atoms with E-state index in [0.29, 0.717) is 6.61 Å². The lowest BCUT2D eigenvalue weighted by atomic mass is 10.1. The fourth-order valence-electron chi connectivity index (χ4n) is 3.80. The molecular formula is C26H27ClN2O2. The predicted molar refractivity (Wildman–Crippen MR) is 126 cm³/mol. The van der Waals surface area contributed by atoms with Crippen molar-refractivity contribution in [2.24, 2.45) is 0 Å². The lowest BCUT2D eigenvalue weighted by Crippen LogP contribution is -2.13. The molecule has 31 heavy (non-hydrogen) atoms. The lowest BCUT2D eigenvalue weighted by molar-refractivity contribution is 0.210. The number of fused-ring (bicyclic) bond motifs is 1. The van der Waals surface area contributed by atoms with Gasteiger partial charge in [0.05, 0.1) is 17.6 Å². The van der Waals surface area contributed by atoms with Crippen LogP contribution in [0.5, 0.6) is 11.5 Å². The van der Waals surface area contributed by atoms with Crippen molar-refractivity contribution in [2.45, 2.75) is 39.8 Å². The third-order valence-corrected chi connectivity index (χ3v) is 5.90. The van der Waals surface area contributed by atoms with E-state index in [2.05, 4.69) is 10.6 Å². The Balaban J connectivity index is 1.48. The minimum absolute atomic E-state index is 0.169. The number of rotatable bonds is 8. The fourth-order valence-corrected chi connectivity index (χ4v) is 3.91. The van der Waals surface area contributed by atoms with Crippen LogP contribution in [-0.2, 0) is 6.54 Å². The Hall–Kier alpha value is -2.98. The van der Waals surface area contributed by atoms with Gasteiger partial charge in [0.25, 0.3) is 0 Å². The van der Waals surface area contributed by atoms with Crippen LogP contribution in [0.2, 0.25) is 5.02 Å². The zero-order valence-corrected chi connectivity index (χ0v) is 18.9. The zero-order valence-electron chi connectivity index (χ0n) is 18.1. The minimum Gasteiger partial charge on any atom is -0.494 e. The smallest absolute Gasteiger partial charge is 0.153 e. The van der Waals surface area contributed by atoms with Crippen molar-refractivity contribution in [3.05, 3.63) is 88.7 Å². The number of imidazole rings is 1. The van der Waals surface area contributed by atoms with Crippen LogP contribution >= 0.6 is 11.6 Å². The predicted octanol–water partition coefficient (Wildman–Crippen LogP) is 6.92. The van der Waals surface area contributed by atoms with E-state index in [1.165, 1.54) is 0 Å². The number of nitrogens with zero attached hydrogens (tertiary/aromatic N) is 2. The van der Waals surface area contributed by atoms with E-state index >= 15 is 0 Å². The van der Waals surface area contributed by atoms with Crippen molar-refractivity contribution in [3.63, 3.8) is 0 Å². The van der Waals surface area contributed by atoms with E-state index in [-0.39, 0.29) is 6.10 Å². The SMILES string of the molecule is Cc1cc(OCCCn2c(C(C)Oc3ccccc3)nc3ccccc32)cc(C)c1Cl. The highest BCUT2D eigenvalue weighted by Gasteiger charge is 2.18. The first-order valence-corrected chi connectivity index (χ1v) is 11.0. The number of ether oxygens (including phenoxy) is 2. The highest BCUT2D eigenvalue weighted by atomic mass is 35.5. The van der Waals surface area contributed by atoms with E-state index in [1.54, 1.807) is 0 Å². The molecule has 0 aliphatic rings. The Kier molecular flexibility index (Phi) is 6.47. The Morgan fingerprint density at radius 3 is 2.35 bits per heavy atom. The summed E-state index contributed by atoms with van der Waals surface area (Å²) in [5.41, 5.74) is 4.16. The highest BCUT2D eigenvalue weighted by Crippen LogP contribution is 2.27. The van der Waals surface area contributed by atoms with Gasteiger partial charge < -0.3 is 14.0 Å². The molecule has 1 heterocycles. The molecule has 1 aromatic heterocycles. The van der Waals surface area contributed by atoms with E-state index in [1.807, 2.05) is 81.4 Å². The summed E-state index contributed by atoms with van der Waals surface area (Å²) < 4.78 is 14.4. The second kappa shape index (κ2) is 9.44. The number of aryl methyl sites for hydroxylation is 3. The van der Waals surface area contributed by atoms with Crippen LogP contribution in [0.25, 0.3) is 11.0 Å². The summed E-state index contributed by atoms with van der Waals surface area (Å²) in [6.07, 6.45) is 0.684. The molecule has 1 unspecified atom stereocenters. The molecule has 0 bridgehead atoms. The quantitative estimate of drug-likeness (QED) is 0.282. The van der Waals surface area contributed by atoms with Crippen molar-refractivity contribution in [1.82, 2.24) is 9.55 Å². The molecule has 4 nitrogen and oxygen atoms in total. The van der Waals surface area contributed by atoms with Crippen molar-refractivity contribution < 1.29 is 9.47 Å². The summed E-state index contributed by atoms with van der Waals surface area (Å²) in [5.74, 6) is 2.62. The van der Waals surface area contributed by atoms with Crippen molar-refractivity contribution >= 4 is 22.6 Å². The van der Waals surface area contributed by atoms with E-state index in [9.17, 15) is 0 Å². The number of hydrogen-bond acceptors (Lipinski definition) is 3. The Bertz CT molecular complexity index is 1150. The third-order valence-electron chi connectivity index (χ3n) is 5.31. The molecule has 160 valence electrons.